The van der Waals surface area contributed by atoms with Gasteiger partial charge in [-0.05, 0) is 44.9 Å². The smallest absolute Gasteiger partial charge is 0.157 e. The fraction of sp³-hybridized carbons (Fsp3) is 0.706. The molecule has 0 N–H and O–H groups in total. The second-order valence-corrected chi connectivity index (χ2v) is 6.83. The van der Waals surface area contributed by atoms with Crippen LogP contribution in [0.25, 0.3) is 0 Å². The minimum atomic E-state index is 0.0561. The highest BCUT2D eigenvalue weighted by molar-refractivity contribution is 7.98. The van der Waals surface area contributed by atoms with Crippen molar-refractivity contribution >= 4 is 11.8 Å². The van der Waals surface area contributed by atoms with Crippen LogP contribution in [0, 0.1) is 0 Å². The van der Waals surface area contributed by atoms with E-state index in [1.54, 1.807) is 0 Å². The molecule has 0 spiro atoms. The number of hydrogen-bond donors (Lipinski definition) is 0. The Morgan fingerprint density at radius 3 is 2.86 bits per heavy atom. The summed E-state index contributed by atoms with van der Waals surface area (Å²) in [7, 11) is 0. The minimum Gasteiger partial charge on any atom is -0.491 e. The molecule has 1 aromatic rings. The summed E-state index contributed by atoms with van der Waals surface area (Å²) >= 11 is 1.94. The number of rotatable bonds is 10. The van der Waals surface area contributed by atoms with Crippen molar-refractivity contribution in [3.8, 4) is 5.75 Å². The molecule has 4 nitrogen and oxygen atoms in total. The first-order valence-electron chi connectivity index (χ1n) is 8.16. The van der Waals surface area contributed by atoms with E-state index < -0.39 is 0 Å². The molecule has 0 aliphatic carbocycles. The van der Waals surface area contributed by atoms with Crippen molar-refractivity contribution in [2.45, 2.75) is 57.7 Å². The third kappa shape index (κ3) is 6.99. The zero-order valence-corrected chi connectivity index (χ0v) is 14.4. The van der Waals surface area contributed by atoms with Crippen LogP contribution in [0.1, 0.15) is 45.2 Å². The van der Waals surface area contributed by atoms with Gasteiger partial charge in [-0.2, -0.15) is 11.8 Å². The molecular formula is C17H27NO3S. The van der Waals surface area contributed by atoms with Gasteiger partial charge in [0.15, 0.2) is 6.29 Å². The molecule has 0 atom stereocenters. The molecule has 0 amide bonds. The van der Waals surface area contributed by atoms with E-state index in [4.69, 9.17) is 14.2 Å². The molecule has 1 aliphatic heterocycles. The van der Waals surface area contributed by atoms with E-state index in [2.05, 4.69) is 4.98 Å². The molecule has 1 saturated heterocycles. The lowest BCUT2D eigenvalue weighted by atomic mass is 10.2. The van der Waals surface area contributed by atoms with Crippen LogP contribution in [0.5, 0.6) is 5.75 Å². The number of nitrogens with zero attached hydrogens (tertiary/aromatic N) is 1. The maximum absolute atomic E-state index is 5.69. The molecule has 2 rings (SSSR count). The van der Waals surface area contributed by atoms with Crippen LogP contribution in [0.3, 0.4) is 0 Å². The summed E-state index contributed by atoms with van der Waals surface area (Å²) < 4.78 is 16.5. The molecule has 0 aromatic carbocycles. The van der Waals surface area contributed by atoms with Crippen molar-refractivity contribution in [3.05, 3.63) is 24.0 Å². The third-order valence-electron chi connectivity index (χ3n) is 3.33. The Morgan fingerprint density at radius 1 is 1.27 bits per heavy atom. The Hall–Kier alpha value is -0.780. The first kappa shape index (κ1) is 17.6. The molecule has 1 aliphatic rings. The number of pyridine rings is 1. The van der Waals surface area contributed by atoms with Gasteiger partial charge in [0.2, 0.25) is 0 Å². The fourth-order valence-corrected chi connectivity index (χ4v) is 3.24. The third-order valence-corrected chi connectivity index (χ3v) is 4.41. The molecule has 0 saturated carbocycles. The summed E-state index contributed by atoms with van der Waals surface area (Å²) in [6, 6.07) is 3.96. The van der Waals surface area contributed by atoms with Crippen LogP contribution in [0.15, 0.2) is 18.3 Å². The van der Waals surface area contributed by atoms with Gasteiger partial charge in [0.05, 0.1) is 25.0 Å². The Bertz CT molecular complexity index is 422. The van der Waals surface area contributed by atoms with Gasteiger partial charge in [0, 0.05) is 18.0 Å². The molecule has 2 heterocycles. The van der Waals surface area contributed by atoms with Crippen LogP contribution in [-0.2, 0) is 15.2 Å². The first-order chi connectivity index (χ1) is 10.7. The Morgan fingerprint density at radius 2 is 2.09 bits per heavy atom. The lowest BCUT2D eigenvalue weighted by Crippen LogP contribution is -2.06. The van der Waals surface area contributed by atoms with Crippen LogP contribution < -0.4 is 4.74 Å². The van der Waals surface area contributed by atoms with Crippen molar-refractivity contribution in [1.29, 1.82) is 0 Å². The summed E-state index contributed by atoms with van der Waals surface area (Å²) in [4.78, 5) is 4.40. The zero-order valence-electron chi connectivity index (χ0n) is 13.6. The molecule has 0 radical (unpaired) electrons. The van der Waals surface area contributed by atoms with E-state index in [9.17, 15) is 0 Å². The van der Waals surface area contributed by atoms with Gasteiger partial charge in [0.1, 0.15) is 5.75 Å². The van der Waals surface area contributed by atoms with Crippen molar-refractivity contribution in [1.82, 2.24) is 4.98 Å². The standard InChI is InChI=1S/C17H27NO3S/c1-14(2)21-16-7-8-18-15(12-16)13-22-11-5-3-4-6-17-19-9-10-20-17/h7-8,12,14,17H,3-6,9-11,13H2,1-2H3. The number of hydrogen-bond acceptors (Lipinski definition) is 5. The van der Waals surface area contributed by atoms with Crippen molar-refractivity contribution in [2.75, 3.05) is 19.0 Å². The van der Waals surface area contributed by atoms with Gasteiger partial charge in [-0.1, -0.05) is 6.42 Å². The maximum Gasteiger partial charge on any atom is 0.157 e. The topological polar surface area (TPSA) is 40.6 Å². The fourth-order valence-electron chi connectivity index (χ4n) is 2.32. The SMILES string of the molecule is CC(C)Oc1ccnc(CSCCCCCC2OCCO2)c1. The summed E-state index contributed by atoms with van der Waals surface area (Å²) in [6.07, 6.45) is 6.77. The van der Waals surface area contributed by atoms with Crippen molar-refractivity contribution < 1.29 is 14.2 Å². The Balaban J connectivity index is 1.52. The van der Waals surface area contributed by atoms with Crippen LogP contribution in [0.4, 0.5) is 0 Å². The zero-order chi connectivity index (χ0) is 15.6. The largest absolute Gasteiger partial charge is 0.491 e. The highest BCUT2D eigenvalue weighted by atomic mass is 32.2. The first-order valence-corrected chi connectivity index (χ1v) is 9.32. The monoisotopic (exact) mass is 325 g/mol. The quantitative estimate of drug-likeness (QED) is 0.607. The summed E-state index contributed by atoms with van der Waals surface area (Å²) in [5, 5.41) is 0. The van der Waals surface area contributed by atoms with E-state index >= 15 is 0 Å². The molecular weight excluding hydrogens is 298 g/mol. The number of thioether (sulfide) groups is 1. The van der Waals surface area contributed by atoms with Gasteiger partial charge in [-0.15, -0.1) is 0 Å². The summed E-state index contributed by atoms with van der Waals surface area (Å²) in [5.41, 5.74) is 1.09. The molecule has 22 heavy (non-hydrogen) atoms. The molecule has 0 unspecified atom stereocenters. The van der Waals surface area contributed by atoms with Crippen molar-refractivity contribution in [2.24, 2.45) is 0 Å². The second-order valence-electron chi connectivity index (χ2n) is 5.72. The van der Waals surface area contributed by atoms with E-state index in [0.29, 0.717) is 0 Å². The normalized spacial score (nSPS) is 15.6. The van der Waals surface area contributed by atoms with E-state index in [1.165, 1.54) is 25.0 Å². The number of unbranched alkanes of at least 4 members (excludes halogenated alkanes) is 2. The van der Waals surface area contributed by atoms with Gasteiger partial charge in [-0.25, -0.2) is 0 Å². The highest BCUT2D eigenvalue weighted by Crippen LogP contribution is 2.19. The lowest BCUT2D eigenvalue weighted by Gasteiger charge is -2.10. The predicted molar refractivity (Wildman–Crippen MR) is 90.3 cm³/mol. The average Bonchev–Trinajstić information content (AvgIpc) is 2.99. The lowest BCUT2D eigenvalue weighted by molar-refractivity contribution is -0.0479. The average molecular weight is 325 g/mol. The second kappa shape index (κ2) is 10.1. The summed E-state index contributed by atoms with van der Waals surface area (Å²) in [6.45, 7) is 5.59. The van der Waals surface area contributed by atoms with E-state index in [-0.39, 0.29) is 12.4 Å². The van der Waals surface area contributed by atoms with E-state index in [0.717, 1.165) is 36.8 Å². The number of ether oxygens (including phenoxy) is 3. The van der Waals surface area contributed by atoms with Crippen LogP contribution >= 0.6 is 11.8 Å². The molecule has 5 heteroatoms. The van der Waals surface area contributed by atoms with Crippen LogP contribution in [-0.4, -0.2) is 36.3 Å². The van der Waals surface area contributed by atoms with Gasteiger partial charge in [0.25, 0.3) is 0 Å². The molecule has 1 fully saturated rings. The predicted octanol–water partition coefficient (Wildman–Crippen LogP) is 4.04. The highest BCUT2D eigenvalue weighted by Gasteiger charge is 2.14. The number of aromatic nitrogens is 1. The molecule has 124 valence electrons. The van der Waals surface area contributed by atoms with Gasteiger partial charge >= 0.3 is 0 Å². The van der Waals surface area contributed by atoms with Crippen LogP contribution in [0.2, 0.25) is 0 Å². The minimum absolute atomic E-state index is 0.0561. The summed E-state index contributed by atoms with van der Waals surface area (Å²) in [5.74, 6) is 3.03. The van der Waals surface area contributed by atoms with Gasteiger partial charge in [-0.3, -0.25) is 4.98 Å². The maximum atomic E-state index is 5.69. The van der Waals surface area contributed by atoms with E-state index in [1.807, 2.05) is 43.9 Å². The Kier molecular flexibility index (Phi) is 8.05. The van der Waals surface area contributed by atoms with Gasteiger partial charge < -0.3 is 14.2 Å². The van der Waals surface area contributed by atoms with Crippen molar-refractivity contribution in [3.63, 3.8) is 0 Å². The Labute approximate surface area is 137 Å². The molecule has 1 aromatic heterocycles. The molecule has 0 bridgehead atoms.